The summed E-state index contributed by atoms with van der Waals surface area (Å²) in [4.78, 5) is 4.37. The first kappa shape index (κ1) is 12.9. The molecule has 0 radical (unpaired) electrons. The maximum Gasteiger partial charge on any atom is 0.148 e. The number of nitrogens with zero attached hydrogens (tertiary/aromatic N) is 2. The van der Waals surface area contributed by atoms with Crippen molar-refractivity contribution in [3.63, 3.8) is 0 Å². The molecule has 1 aromatic heterocycles. The molecule has 0 aliphatic rings. The monoisotopic (exact) mass is 298 g/mol. The topological polar surface area (TPSA) is 36.7 Å². The third-order valence-corrected chi connectivity index (χ3v) is 3.68. The lowest BCUT2D eigenvalue weighted by atomic mass is 10.0. The molecule has 0 bridgehead atoms. The molecular weight excluding hydrogens is 291 g/mol. The van der Waals surface area contributed by atoms with Crippen molar-refractivity contribution in [1.29, 1.82) is 5.26 Å². The zero-order chi connectivity index (χ0) is 14.1. The maximum absolute atomic E-state index is 9.27. The highest BCUT2D eigenvalue weighted by Crippen LogP contribution is 2.36. The van der Waals surface area contributed by atoms with Crippen LogP contribution in [-0.4, -0.2) is 4.98 Å². The second kappa shape index (κ2) is 5.13. The molecule has 20 heavy (non-hydrogen) atoms. The standard InChI is InChI=1S/C16H8Cl2N2/c17-13-8-4-7-11-14(13)12(9-19)16(18)20-15(11)10-5-2-1-3-6-10/h1-8H. The summed E-state index contributed by atoms with van der Waals surface area (Å²) < 4.78 is 0. The second-order valence-electron chi connectivity index (χ2n) is 4.27. The molecule has 0 N–H and O–H groups in total. The Kier molecular flexibility index (Phi) is 3.31. The molecule has 3 rings (SSSR count). The van der Waals surface area contributed by atoms with Crippen LogP contribution >= 0.6 is 23.2 Å². The van der Waals surface area contributed by atoms with Gasteiger partial charge in [0.15, 0.2) is 0 Å². The molecule has 1 heterocycles. The zero-order valence-electron chi connectivity index (χ0n) is 10.3. The van der Waals surface area contributed by atoms with E-state index in [4.69, 9.17) is 23.2 Å². The van der Waals surface area contributed by atoms with Gasteiger partial charge in [-0.2, -0.15) is 5.26 Å². The van der Waals surface area contributed by atoms with Crippen molar-refractivity contribution in [1.82, 2.24) is 4.98 Å². The van der Waals surface area contributed by atoms with Gasteiger partial charge in [0.1, 0.15) is 11.2 Å². The lowest BCUT2D eigenvalue weighted by Crippen LogP contribution is -1.92. The quantitative estimate of drug-likeness (QED) is 0.587. The van der Waals surface area contributed by atoms with Crippen LogP contribution in [0.2, 0.25) is 10.2 Å². The van der Waals surface area contributed by atoms with Gasteiger partial charge in [-0.15, -0.1) is 0 Å². The highest BCUT2D eigenvalue weighted by Gasteiger charge is 2.15. The lowest BCUT2D eigenvalue weighted by Gasteiger charge is -2.10. The van der Waals surface area contributed by atoms with E-state index < -0.39 is 0 Å². The highest BCUT2D eigenvalue weighted by atomic mass is 35.5. The van der Waals surface area contributed by atoms with Gasteiger partial charge in [-0.25, -0.2) is 4.98 Å². The average molecular weight is 299 g/mol. The molecule has 0 amide bonds. The van der Waals surface area contributed by atoms with Gasteiger partial charge in [-0.3, -0.25) is 0 Å². The molecule has 0 aliphatic heterocycles. The molecular formula is C16H8Cl2N2. The summed E-state index contributed by atoms with van der Waals surface area (Å²) in [7, 11) is 0. The van der Waals surface area contributed by atoms with Crippen LogP contribution in [0.15, 0.2) is 48.5 Å². The van der Waals surface area contributed by atoms with E-state index in [1.54, 1.807) is 6.07 Å². The van der Waals surface area contributed by atoms with Gasteiger partial charge in [-0.1, -0.05) is 65.7 Å². The van der Waals surface area contributed by atoms with E-state index in [1.165, 1.54) is 0 Å². The van der Waals surface area contributed by atoms with Crippen molar-refractivity contribution in [2.24, 2.45) is 0 Å². The number of fused-ring (bicyclic) bond motifs is 1. The van der Waals surface area contributed by atoms with E-state index in [9.17, 15) is 5.26 Å². The second-order valence-corrected chi connectivity index (χ2v) is 5.03. The van der Waals surface area contributed by atoms with Crippen LogP contribution < -0.4 is 0 Å². The van der Waals surface area contributed by atoms with Gasteiger partial charge in [0.05, 0.1) is 11.3 Å². The molecule has 2 nitrogen and oxygen atoms in total. The highest BCUT2D eigenvalue weighted by molar-refractivity contribution is 6.38. The number of hydrogen-bond acceptors (Lipinski definition) is 2. The third kappa shape index (κ3) is 2.02. The number of pyridine rings is 1. The first-order chi connectivity index (χ1) is 9.72. The first-order valence-corrected chi connectivity index (χ1v) is 6.71. The Labute approximate surface area is 126 Å². The largest absolute Gasteiger partial charge is 0.234 e. The summed E-state index contributed by atoms with van der Waals surface area (Å²) in [6.07, 6.45) is 0. The summed E-state index contributed by atoms with van der Waals surface area (Å²) in [5.74, 6) is 0. The SMILES string of the molecule is N#Cc1c(Cl)nc(-c2ccccc2)c2cccc(Cl)c12. The Morgan fingerprint density at radius 3 is 2.40 bits per heavy atom. The van der Waals surface area contributed by atoms with Crippen molar-refractivity contribution >= 4 is 34.0 Å². The number of halogens is 2. The van der Waals surface area contributed by atoms with Crippen molar-refractivity contribution in [3.8, 4) is 17.3 Å². The predicted molar refractivity (Wildman–Crippen MR) is 81.9 cm³/mol. The fourth-order valence-corrected chi connectivity index (χ4v) is 2.70. The third-order valence-electron chi connectivity index (χ3n) is 3.09. The van der Waals surface area contributed by atoms with Gasteiger partial charge in [0, 0.05) is 21.4 Å². The van der Waals surface area contributed by atoms with Gasteiger partial charge < -0.3 is 0 Å². The van der Waals surface area contributed by atoms with Crippen LogP contribution in [0.3, 0.4) is 0 Å². The molecule has 96 valence electrons. The summed E-state index contributed by atoms with van der Waals surface area (Å²) >= 11 is 12.4. The van der Waals surface area contributed by atoms with Crippen LogP contribution in [0, 0.1) is 11.3 Å². The molecule has 0 fully saturated rings. The molecule has 0 spiro atoms. The van der Waals surface area contributed by atoms with Crippen LogP contribution in [0.4, 0.5) is 0 Å². The van der Waals surface area contributed by atoms with E-state index in [-0.39, 0.29) is 5.15 Å². The van der Waals surface area contributed by atoms with E-state index in [0.717, 1.165) is 16.6 Å². The zero-order valence-corrected chi connectivity index (χ0v) is 11.8. The van der Waals surface area contributed by atoms with Gasteiger partial charge in [0.2, 0.25) is 0 Å². The summed E-state index contributed by atoms with van der Waals surface area (Å²) in [6, 6.07) is 17.3. The lowest BCUT2D eigenvalue weighted by molar-refractivity contribution is 1.33. The minimum Gasteiger partial charge on any atom is -0.234 e. The summed E-state index contributed by atoms with van der Waals surface area (Å²) in [5.41, 5.74) is 1.98. The van der Waals surface area contributed by atoms with Crippen LogP contribution in [0.25, 0.3) is 22.0 Å². The Bertz CT molecular complexity index is 836. The maximum atomic E-state index is 9.27. The number of aromatic nitrogens is 1. The molecule has 0 unspecified atom stereocenters. The molecule has 0 atom stereocenters. The molecule has 0 aliphatic carbocycles. The number of nitriles is 1. The van der Waals surface area contributed by atoms with Crippen molar-refractivity contribution in [2.45, 2.75) is 0 Å². The predicted octanol–water partition coefficient (Wildman–Crippen LogP) is 5.08. The number of benzene rings is 2. The Balaban J connectivity index is 2.48. The van der Waals surface area contributed by atoms with Crippen LogP contribution in [0.1, 0.15) is 5.56 Å². The molecule has 3 aromatic rings. The van der Waals surface area contributed by atoms with Crippen molar-refractivity contribution < 1.29 is 0 Å². The van der Waals surface area contributed by atoms with Crippen LogP contribution in [0.5, 0.6) is 0 Å². The van der Waals surface area contributed by atoms with Crippen LogP contribution in [-0.2, 0) is 0 Å². The normalized spacial score (nSPS) is 10.4. The van der Waals surface area contributed by atoms with Crippen molar-refractivity contribution in [3.05, 3.63) is 64.3 Å². The fraction of sp³-hybridized carbons (Fsp3) is 0. The van der Waals surface area contributed by atoms with Gasteiger partial charge in [0.25, 0.3) is 0 Å². The molecule has 2 aromatic carbocycles. The fourth-order valence-electron chi connectivity index (χ4n) is 2.21. The molecule has 4 heteroatoms. The number of hydrogen-bond donors (Lipinski definition) is 0. The smallest absolute Gasteiger partial charge is 0.148 e. The first-order valence-electron chi connectivity index (χ1n) is 5.95. The van der Waals surface area contributed by atoms with E-state index in [2.05, 4.69) is 11.1 Å². The van der Waals surface area contributed by atoms with E-state index >= 15 is 0 Å². The van der Waals surface area contributed by atoms with E-state index in [0.29, 0.717) is 16.0 Å². The Morgan fingerprint density at radius 2 is 1.70 bits per heavy atom. The average Bonchev–Trinajstić information content (AvgIpc) is 2.48. The minimum atomic E-state index is 0.173. The Morgan fingerprint density at radius 1 is 0.950 bits per heavy atom. The van der Waals surface area contributed by atoms with Crippen molar-refractivity contribution in [2.75, 3.05) is 0 Å². The molecule has 0 saturated carbocycles. The van der Waals surface area contributed by atoms with Gasteiger partial charge in [-0.05, 0) is 6.07 Å². The molecule has 0 saturated heterocycles. The summed E-state index contributed by atoms with van der Waals surface area (Å²) in [6.45, 7) is 0. The number of rotatable bonds is 1. The van der Waals surface area contributed by atoms with Gasteiger partial charge >= 0.3 is 0 Å². The minimum absolute atomic E-state index is 0.173. The summed E-state index contributed by atoms with van der Waals surface area (Å²) in [5, 5.41) is 11.4. The Hall–Kier alpha value is -2.08. The van der Waals surface area contributed by atoms with E-state index in [1.807, 2.05) is 42.5 Å².